The summed E-state index contributed by atoms with van der Waals surface area (Å²) in [5, 5.41) is 5.92. The maximum Gasteiger partial charge on any atom is 0.469 e. The van der Waals surface area contributed by atoms with Gasteiger partial charge in [-0.25, -0.2) is 24.3 Å². The van der Waals surface area contributed by atoms with Gasteiger partial charge in [-0.05, 0) is 63.4 Å². The molecule has 3 heterocycles. The number of phosphoric ester groups is 1. The van der Waals surface area contributed by atoms with Crippen molar-refractivity contribution in [2.75, 3.05) is 18.5 Å². The summed E-state index contributed by atoms with van der Waals surface area (Å²) in [5.74, 6) is -0.188. The summed E-state index contributed by atoms with van der Waals surface area (Å²) in [6.07, 6.45) is 5.67. The second-order valence-corrected chi connectivity index (χ2v) is 11.9. The van der Waals surface area contributed by atoms with Gasteiger partial charge in [-0.15, -0.1) is 0 Å². The molecule has 3 aromatic heterocycles. The van der Waals surface area contributed by atoms with E-state index in [0.29, 0.717) is 41.4 Å². The molecule has 0 spiro atoms. The number of phosphoric acid groups is 1. The van der Waals surface area contributed by atoms with Gasteiger partial charge >= 0.3 is 19.8 Å². The molecule has 0 aliphatic carbocycles. The first-order chi connectivity index (χ1) is 19.9. The minimum absolute atomic E-state index is 0.0485. The lowest BCUT2D eigenvalue weighted by Gasteiger charge is -2.23. The molecule has 0 fully saturated rings. The molecule has 0 aliphatic rings. The lowest BCUT2D eigenvalue weighted by Crippen LogP contribution is -2.28. The quantitative estimate of drug-likeness (QED) is 0.0954. The Labute approximate surface area is 246 Å². The number of amides is 2. The Bertz CT molecular complexity index is 1590. The fourth-order valence-electron chi connectivity index (χ4n) is 3.99. The summed E-state index contributed by atoms with van der Waals surface area (Å²) in [4.78, 5) is 59.9. The minimum Gasteiger partial charge on any atom is -0.451 e. The third-order valence-electron chi connectivity index (χ3n) is 5.92. The predicted molar refractivity (Wildman–Crippen MR) is 158 cm³/mol. The number of thiazole rings is 1. The van der Waals surface area contributed by atoms with E-state index in [2.05, 4.69) is 35.1 Å². The zero-order valence-corrected chi connectivity index (χ0v) is 24.9. The molecule has 42 heavy (non-hydrogen) atoms. The molecule has 4 rings (SSSR count). The summed E-state index contributed by atoms with van der Waals surface area (Å²) in [6, 6.07) is 9.15. The fraction of sp³-hybridized carbons (Fsp3) is 0.333. The van der Waals surface area contributed by atoms with Crippen LogP contribution in [0.25, 0.3) is 32.6 Å². The molecule has 4 aromatic rings. The van der Waals surface area contributed by atoms with Crippen LogP contribution in [0.4, 0.5) is 9.93 Å². The minimum atomic E-state index is -4.52. The Morgan fingerprint density at radius 1 is 1.07 bits per heavy atom. The number of urea groups is 1. The third kappa shape index (κ3) is 8.37. The summed E-state index contributed by atoms with van der Waals surface area (Å²) in [5.41, 5.74) is 2.64. The Hall–Kier alpha value is -3.81. The van der Waals surface area contributed by atoms with E-state index in [0.717, 1.165) is 21.5 Å². The Morgan fingerprint density at radius 2 is 1.83 bits per heavy atom. The molecule has 13 nitrogen and oxygen atoms in total. The van der Waals surface area contributed by atoms with Gasteiger partial charge < -0.3 is 19.8 Å². The van der Waals surface area contributed by atoms with Gasteiger partial charge in [-0.1, -0.05) is 17.4 Å². The Kier molecular flexibility index (Phi) is 9.97. The molecule has 0 saturated heterocycles. The van der Waals surface area contributed by atoms with Crippen molar-refractivity contribution in [3.63, 3.8) is 0 Å². The van der Waals surface area contributed by atoms with Crippen LogP contribution in [0.1, 0.15) is 45.9 Å². The molecular formula is C27H31N6O7PS. The highest BCUT2D eigenvalue weighted by Gasteiger charge is 2.28. The molecular weight excluding hydrogens is 583 g/mol. The molecule has 222 valence electrons. The number of benzene rings is 1. The van der Waals surface area contributed by atoms with Crippen molar-refractivity contribution >= 4 is 46.5 Å². The van der Waals surface area contributed by atoms with Gasteiger partial charge in [0.2, 0.25) is 0 Å². The van der Waals surface area contributed by atoms with Crippen LogP contribution in [-0.2, 0) is 24.2 Å². The van der Waals surface area contributed by atoms with E-state index in [9.17, 15) is 14.2 Å². The summed E-state index contributed by atoms with van der Waals surface area (Å²) >= 11 is 1.35. The van der Waals surface area contributed by atoms with E-state index in [1.807, 2.05) is 37.3 Å². The van der Waals surface area contributed by atoms with Crippen molar-refractivity contribution in [2.45, 2.75) is 45.6 Å². The van der Waals surface area contributed by atoms with Crippen molar-refractivity contribution in [3.05, 3.63) is 54.7 Å². The smallest absolute Gasteiger partial charge is 0.451 e. The second kappa shape index (κ2) is 13.4. The van der Waals surface area contributed by atoms with E-state index >= 15 is 0 Å². The molecule has 0 radical (unpaired) electrons. The first-order valence-corrected chi connectivity index (χ1v) is 15.5. The molecule has 0 saturated carbocycles. The van der Waals surface area contributed by atoms with Gasteiger partial charge in [0.1, 0.15) is 0 Å². The summed E-state index contributed by atoms with van der Waals surface area (Å²) in [7, 11) is -4.52. The van der Waals surface area contributed by atoms with Gasteiger partial charge in [0.05, 0.1) is 22.5 Å². The van der Waals surface area contributed by atoms with Gasteiger partial charge in [0, 0.05) is 42.7 Å². The molecule has 15 heteroatoms. The van der Waals surface area contributed by atoms with Gasteiger partial charge in [-0.3, -0.25) is 19.6 Å². The summed E-state index contributed by atoms with van der Waals surface area (Å²) < 4.78 is 21.6. The van der Waals surface area contributed by atoms with E-state index < -0.39 is 19.4 Å². The monoisotopic (exact) mass is 614 g/mol. The topological polar surface area (TPSA) is 186 Å². The van der Waals surface area contributed by atoms with Crippen molar-refractivity contribution in [2.24, 2.45) is 0 Å². The van der Waals surface area contributed by atoms with Crippen LogP contribution >= 0.6 is 19.2 Å². The average molecular weight is 615 g/mol. The van der Waals surface area contributed by atoms with Crippen LogP contribution < -0.4 is 10.6 Å². The van der Waals surface area contributed by atoms with Crippen molar-refractivity contribution in [1.82, 2.24) is 25.3 Å². The van der Waals surface area contributed by atoms with E-state index in [4.69, 9.17) is 14.5 Å². The maximum absolute atomic E-state index is 12.4. The van der Waals surface area contributed by atoms with Crippen LogP contribution in [0.3, 0.4) is 0 Å². The number of carbonyl (C=O) groups excluding carboxylic acids is 2. The number of nitrogens with one attached hydrogen (secondary N) is 2. The number of hydrogen-bond acceptors (Lipinski definition) is 10. The normalized spacial score (nSPS) is 11.8. The number of nitrogens with zero attached hydrogens (tertiary/aromatic N) is 4. The third-order valence-corrected chi connectivity index (χ3v) is 7.45. The predicted octanol–water partition coefficient (Wildman–Crippen LogP) is 5.01. The summed E-state index contributed by atoms with van der Waals surface area (Å²) in [6.45, 7) is 5.52. The number of pyridine rings is 1. The van der Waals surface area contributed by atoms with Gasteiger partial charge in [-0.2, -0.15) is 0 Å². The number of esters is 1. The SMILES string of the molecule is CCNC(=O)Nc1nc2cc(-c3cnc(C(C)(C)OC(=O)CCCCOP(=O)(O)O)nc3)cc(-c3ccccn3)c2s1. The maximum atomic E-state index is 12.4. The number of fused-ring (bicyclic) bond motifs is 1. The van der Waals surface area contributed by atoms with Crippen LogP contribution in [-0.4, -0.2) is 54.9 Å². The van der Waals surface area contributed by atoms with Crippen molar-refractivity contribution < 1.29 is 33.2 Å². The van der Waals surface area contributed by atoms with Gasteiger partial charge in [0.15, 0.2) is 16.6 Å². The molecule has 2 amide bonds. The largest absolute Gasteiger partial charge is 0.469 e. The number of rotatable bonds is 12. The highest BCUT2D eigenvalue weighted by molar-refractivity contribution is 7.46. The number of hydrogen-bond donors (Lipinski definition) is 4. The molecule has 0 aliphatic heterocycles. The highest BCUT2D eigenvalue weighted by atomic mass is 32.1. The molecule has 0 unspecified atom stereocenters. The van der Waals surface area contributed by atoms with Crippen LogP contribution in [0.15, 0.2) is 48.9 Å². The van der Waals surface area contributed by atoms with Crippen molar-refractivity contribution in [1.29, 1.82) is 0 Å². The zero-order valence-electron chi connectivity index (χ0n) is 23.2. The molecule has 0 atom stereocenters. The number of carbonyl (C=O) groups is 2. The number of ether oxygens (including phenoxy) is 1. The fourth-order valence-corrected chi connectivity index (χ4v) is 5.32. The number of aromatic nitrogens is 4. The second-order valence-electron chi connectivity index (χ2n) is 9.65. The van der Waals surface area contributed by atoms with E-state index in [1.54, 1.807) is 32.4 Å². The number of anilines is 1. The molecule has 4 N–H and O–H groups in total. The van der Waals surface area contributed by atoms with E-state index in [-0.39, 0.29) is 19.1 Å². The Morgan fingerprint density at radius 3 is 2.50 bits per heavy atom. The molecule has 0 bridgehead atoms. The van der Waals surface area contributed by atoms with Crippen LogP contribution in [0.2, 0.25) is 0 Å². The lowest BCUT2D eigenvalue weighted by atomic mass is 10.0. The van der Waals surface area contributed by atoms with Crippen LogP contribution in [0.5, 0.6) is 0 Å². The van der Waals surface area contributed by atoms with E-state index in [1.165, 1.54) is 11.3 Å². The van der Waals surface area contributed by atoms with Crippen molar-refractivity contribution in [3.8, 4) is 22.4 Å². The Balaban J connectivity index is 1.52. The standard InChI is InChI=1S/C27H31N6O7PS/c1-4-28-25(35)33-26-32-21-14-17(13-19(23(21)42-26)20-9-5-7-11-29-20)18-15-30-24(31-16-18)27(2,3)40-22(34)10-6-8-12-39-41(36,37)38/h5,7,9,11,13-16H,4,6,8,10,12H2,1-3H3,(H2,36,37,38)(H2,28,32,33,35). The zero-order chi connectivity index (χ0) is 30.3. The first-order valence-electron chi connectivity index (χ1n) is 13.1. The first kappa shape index (κ1) is 31.1. The molecule has 1 aromatic carbocycles. The highest BCUT2D eigenvalue weighted by Crippen LogP contribution is 2.38. The number of unbranched alkanes of at least 4 members (excludes halogenated alkanes) is 1. The average Bonchev–Trinajstić information content (AvgIpc) is 3.34. The van der Waals surface area contributed by atoms with Crippen LogP contribution in [0, 0.1) is 0 Å². The van der Waals surface area contributed by atoms with Gasteiger partial charge in [0.25, 0.3) is 0 Å². The lowest BCUT2D eigenvalue weighted by molar-refractivity contribution is -0.158.